The molecular formula is C30H26N2O3S. The van der Waals surface area contributed by atoms with Crippen LogP contribution >= 0.6 is 11.8 Å². The lowest BCUT2D eigenvalue weighted by atomic mass is 10.1. The number of hydrogen-bond donors (Lipinski definition) is 1. The topological polar surface area (TPSA) is 59.9 Å². The molecule has 4 aromatic rings. The smallest absolute Gasteiger partial charge is 0.264 e. The van der Waals surface area contributed by atoms with Gasteiger partial charge in [-0.1, -0.05) is 66.2 Å². The lowest BCUT2D eigenvalue weighted by molar-refractivity contribution is -0.115. The molecule has 5 rings (SSSR count). The second-order valence-electron chi connectivity index (χ2n) is 8.38. The maximum Gasteiger partial charge on any atom is 0.264 e. The van der Waals surface area contributed by atoms with E-state index in [1.54, 1.807) is 0 Å². The first kappa shape index (κ1) is 23.7. The van der Waals surface area contributed by atoms with Crippen molar-refractivity contribution in [1.29, 1.82) is 0 Å². The third-order valence-corrected chi connectivity index (χ3v) is 6.65. The van der Waals surface area contributed by atoms with Crippen molar-refractivity contribution in [2.45, 2.75) is 20.5 Å². The fraction of sp³-hybridized carbons (Fsp3) is 0.133. The maximum atomic E-state index is 12.5. The average molecular weight is 495 g/mol. The van der Waals surface area contributed by atoms with Gasteiger partial charge in [0.05, 0.1) is 17.2 Å². The Morgan fingerprint density at radius 2 is 1.72 bits per heavy atom. The van der Waals surface area contributed by atoms with Crippen molar-refractivity contribution < 1.29 is 14.3 Å². The molecule has 1 saturated heterocycles. The molecule has 1 aliphatic rings. The van der Waals surface area contributed by atoms with Crippen molar-refractivity contribution in [3.8, 4) is 11.5 Å². The van der Waals surface area contributed by atoms with E-state index in [0.717, 1.165) is 22.4 Å². The number of amides is 1. The Morgan fingerprint density at radius 1 is 0.917 bits per heavy atom. The highest BCUT2D eigenvalue weighted by atomic mass is 32.2. The van der Waals surface area contributed by atoms with Crippen molar-refractivity contribution in [3.05, 3.63) is 107 Å². The summed E-state index contributed by atoms with van der Waals surface area (Å²) in [5.41, 5.74) is 3.93. The van der Waals surface area contributed by atoms with E-state index in [4.69, 9.17) is 9.47 Å². The summed E-state index contributed by atoms with van der Waals surface area (Å²) in [7, 11) is 0. The predicted octanol–water partition coefficient (Wildman–Crippen LogP) is 7.02. The van der Waals surface area contributed by atoms with Crippen LogP contribution in [0.2, 0.25) is 0 Å². The molecule has 1 aliphatic heterocycles. The number of fused-ring (bicyclic) bond motifs is 1. The van der Waals surface area contributed by atoms with Gasteiger partial charge in [0.25, 0.3) is 5.91 Å². The second-order valence-corrected chi connectivity index (χ2v) is 9.41. The van der Waals surface area contributed by atoms with Crippen LogP contribution in [0, 0.1) is 6.92 Å². The van der Waals surface area contributed by atoms with Gasteiger partial charge in [-0.2, -0.15) is 0 Å². The zero-order valence-electron chi connectivity index (χ0n) is 20.2. The van der Waals surface area contributed by atoms with Crippen molar-refractivity contribution in [3.63, 3.8) is 0 Å². The fourth-order valence-electron chi connectivity index (χ4n) is 3.94. The molecule has 1 fully saturated rings. The van der Waals surface area contributed by atoms with Crippen molar-refractivity contribution >= 4 is 45.4 Å². The maximum absolute atomic E-state index is 12.5. The monoisotopic (exact) mass is 494 g/mol. The van der Waals surface area contributed by atoms with Crippen LogP contribution in [0.1, 0.15) is 23.6 Å². The van der Waals surface area contributed by atoms with Crippen LogP contribution in [0.4, 0.5) is 5.69 Å². The Kier molecular flexibility index (Phi) is 7.05. The van der Waals surface area contributed by atoms with Gasteiger partial charge in [-0.3, -0.25) is 4.79 Å². The molecule has 0 aliphatic carbocycles. The van der Waals surface area contributed by atoms with E-state index in [0.29, 0.717) is 34.8 Å². The minimum atomic E-state index is -0.167. The summed E-state index contributed by atoms with van der Waals surface area (Å²) in [4.78, 5) is 17.7. The number of nitrogens with one attached hydrogen (secondary N) is 1. The third kappa shape index (κ3) is 5.44. The normalized spacial score (nSPS) is 15.4. The lowest BCUT2D eigenvalue weighted by Crippen LogP contribution is -2.19. The van der Waals surface area contributed by atoms with Gasteiger partial charge in [0.1, 0.15) is 6.61 Å². The molecule has 0 radical (unpaired) electrons. The molecule has 0 bridgehead atoms. The molecule has 1 amide bonds. The van der Waals surface area contributed by atoms with Gasteiger partial charge >= 0.3 is 0 Å². The molecule has 0 saturated carbocycles. The summed E-state index contributed by atoms with van der Waals surface area (Å²) in [6.07, 6.45) is 1.84. The van der Waals surface area contributed by atoms with Crippen molar-refractivity contribution in [1.82, 2.24) is 5.32 Å². The van der Waals surface area contributed by atoms with Crippen molar-refractivity contribution in [2.75, 3.05) is 6.61 Å². The highest BCUT2D eigenvalue weighted by Gasteiger charge is 2.24. The molecule has 6 heteroatoms. The number of hydrogen-bond acceptors (Lipinski definition) is 5. The van der Waals surface area contributed by atoms with E-state index >= 15 is 0 Å². The summed E-state index contributed by atoms with van der Waals surface area (Å²) >= 11 is 1.32. The predicted molar refractivity (Wildman–Crippen MR) is 148 cm³/mol. The highest BCUT2D eigenvalue weighted by Crippen LogP contribution is 2.33. The van der Waals surface area contributed by atoms with Crippen LogP contribution in [-0.2, 0) is 11.4 Å². The zero-order chi connectivity index (χ0) is 24.9. The quantitative estimate of drug-likeness (QED) is 0.281. The summed E-state index contributed by atoms with van der Waals surface area (Å²) in [6.45, 7) is 4.90. The number of carbonyl (C=O) groups is 1. The fourth-order valence-corrected chi connectivity index (χ4v) is 4.79. The molecule has 0 atom stereocenters. The van der Waals surface area contributed by atoms with E-state index in [2.05, 4.69) is 34.6 Å². The molecule has 0 aromatic heterocycles. The average Bonchev–Trinajstić information content (AvgIpc) is 3.23. The molecule has 4 aromatic carbocycles. The van der Waals surface area contributed by atoms with Gasteiger partial charge in [0.15, 0.2) is 16.7 Å². The number of ether oxygens (including phenoxy) is 2. The molecule has 180 valence electrons. The molecule has 5 nitrogen and oxygen atoms in total. The molecule has 0 unspecified atom stereocenters. The second kappa shape index (κ2) is 10.7. The molecule has 0 spiro atoms. The minimum Gasteiger partial charge on any atom is -0.490 e. The van der Waals surface area contributed by atoms with Crippen LogP contribution in [0.25, 0.3) is 16.8 Å². The highest BCUT2D eigenvalue weighted by molar-refractivity contribution is 8.18. The van der Waals surface area contributed by atoms with Gasteiger partial charge in [0.2, 0.25) is 0 Å². The number of carbonyl (C=O) groups excluding carboxylic acids is 1. The molecule has 36 heavy (non-hydrogen) atoms. The van der Waals surface area contributed by atoms with Gasteiger partial charge < -0.3 is 14.8 Å². The standard InChI is InChI=1S/C30H26N2O3S/c1-3-34-27-17-21(18-28-29(33)32-30(36-28)31-24-14-11-20(2)12-15-24)13-16-26(27)35-19-23-9-6-8-22-7-4-5-10-25(22)23/h4-18H,3,19H2,1-2H3,(H,31,32,33). The molecule has 1 N–H and O–H groups in total. The SMILES string of the molecule is CCOc1cc(C=C2SC(=Nc3ccc(C)cc3)NC2=O)ccc1OCc1cccc2ccccc12. The van der Waals surface area contributed by atoms with Gasteiger partial charge in [-0.15, -0.1) is 0 Å². The van der Waals surface area contributed by atoms with E-state index < -0.39 is 0 Å². The zero-order valence-corrected chi connectivity index (χ0v) is 21.0. The van der Waals surface area contributed by atoms with Crippen LogP contribution in [-0.4, -0.2) is 17.7 Å². The number of aryl methyl sites for hydroxylation is 1. The summed E-state index contributed by atoms with van der Waals surface area (Å²) in [5.74, 6) is 1.14. The molecular weight excluding hydrogens is 468 g/mol. The number of aliphatic imine (C=N–C) groups is 1. The third-order valence-electron chi connectivity index (χ3n) is 5.74. The summed E-state index contributed by atoms with van der Waals surface area (Å²) in [6, 6.07) is 28.1. The van der Waals surface area contributed by atoms with Crippen LogP contribution < -0.4 is 14.8 Å². The number of benzene rings is 4. The first-order valence-corrected chi connectivity index (χ1v) is 12.6. The number of thioether (sulfide) groups is 1. The number of rotatable bonds is 7. The Bertz CT molecular complexity index is 1470. The van der Waals surface area contributed by atoms with Gasteiger partial charge in [-0.05, 0) is 77.9 Å². The van der Waals surface area contributed by atoms with Crippen LogP contribution in [0.5, 0.6) is 11.5 Å². The van der Waals surface area contributed by atoms with E-state index in [-0.39, 0.29) is 5.91 Å². The Hall–Kier alpha value is -4.03. The van der Waals surface area contributed by atoms with E-state index in [9.17, 15) is 4.79 Å². The van der Waals surface area contributed by atoms with Crippen molar-refractivity contribution in [2.24, 2.45) is 4.99 Å². The summed E-state index contributed by atoms with van der Waals surface area (Å²) in [5, 5.41) is 5.76. The van der Waals surface area contributed by atoms with E-state index in [1.807, 2.05) is 80.6 Å². The van der Waals surface area contributed by atoms with Gasteiger partial charge in [-0.25, -0.2) is 4.99 Å². The Labute approximate surface area is 214 Å². The van der Waals surface area contributed by atoms with Crippen LogP contribution in [0.15, 0.2) is 94.8 Å². The lowest BCUT2D eigenvalue weighted by Gasteiger charge is -2.14. The first-order valence-electron chi connectivity index (χ1n) is 11.8. The van der Waals surface area contributed by atoms with E-state index in [1.165, 1.54) is 22.5 Å². The number of amidine groups is 1. The Morgan fingerprint density at radius 3 is 2.56 bits per heavy atom. The molecule has 1 heterocycles. The minimum absolute atomic E-state index is 0.167. The Balaban J connectivity index is 1.34. The van der Waals surface area contributed by atoms with Gasteiger partial charge in [0, 0.05) is 0 Å². The largest absolute Gasteiger partial charge is 0.490 e. The van der Waals surface area contributed by atoms with Crippen LogP contribution in [0.3, 0.4) is 0 Å². The first-order chi connectivity index (χ1) is 17.6. The summed E-state index contributed by atoms with van der Waals surface area (Å²) < 4.78 is 12.0. The number of nitrogens with zero attached hydrogens (tertiary/aromatic N) is 1.